The van der Waals surface area contributed by atoms with E-state index in [0.29, 0.717) is 5.69 Å². The topological polar surface area (TPSA) is 87.0 Å². The Kier molecular flexibility index (Phi) is 2.32. The van der Waals surface area contributed by atoms with Crippen LogP contribution in [0.2, 0.25) is 0 Å². The first-order chi connectivity index (χ1) is 7.58. The quantitative estimate of drug-likeness (QED) is 0.613. The zero-order valence-electron chi connectivity index (χ0n) is 8.62. The van der Waals surface area contributed by atoms with E-state index in [-0.39, 0.29) is 5.69 Å². The zero-order chi connectivity index (χ0) is 11.7. The molecule has 16 heavy (non-hydrogen) atoms. The van der Waals surface area contributed by atoms with Crippen LogP contribution in [0.1, 0.15) is 5.69 Å². The van der Waals surface area contributed by atoms with Gasteiger partial charge in [-0.05, 0) is 19.1 Å². The largest absolute Gasteiger partial charge is 0.396 e. The number of nitrogens with two attached hydrogens (primary N) is 1. The zero-order valence-corrected chi connectivity index (χ0v) is 8.62. The summed E-state index contributed by atoms with van der Waals surface area (Å²) in [5, 5.41) is 14.6. The van der Waals surface area contributed by atoms with Crippen LogP contribution < -0.4 is 5.73 Å². The number of benzene rings is 1. The Hall–Kier alpha value is -2.37. The van der Waals surface area contributed by atoms with Gasteiger partial charge in [0.1, 0.15) is 0 Å². The minimum absolute atomic E-state index is 0.0561. The van der Waals surface area contributed by atoms with E-state index in [9.17, 15) is 10.1 Å². The molecule has 82 valence electrons. The molecular formula is C10H10N4O2. The van der Waals surface area contributed by atoms with E-state index in [2.05, 4.69) is 5.10 Å². The lowest BCUT2D eigenvalue weighted by Gasteiger charge is -1.99. The molecule has 2 aromatic rings. The molecular weight excluding hydrogens is 208 g/mol. The maximum absolute atomic E-state index is 10.5. The van der Waals surface area contributed by atoms with Gasteiger partial charge in [0.25, 0.3) is 5.69 Å². The summed E-state index contributed by atoms with van der Waals surface area (Å²) in [6.45, 7) is 1.80. The Morgan fingerprint density at radius 1 is 1.38 bits per heavy atom. The molecule has 1 heterocycles. The first kappa shape index (κ1) is 10.2. The van der Waals surface area contributed by atoms with Crippen LogP contribution >= 0.6 is 0 Å². The number of aryl methyl sites for hydroxylation is 1. The molecule has 0 spiro atoms. The molecule has 0 unspecified atom stereocenters. The molecule has 2 rings (SSSR count). The smallest absolute Gasteiger partial charge is 0.269 e. The second-order valence-electron chi connectivity index (χ2n) is 3.39. The lowest BCUT2D eigenvalue weighted by Crippen LogP contribution is -1.95. The van der Waals surface area contributed by atoms with Crippen molar-refractivity contribution in [3.05, 3.63) is 46.3 Å². The van der Waals surface area contributed by atoms with E-state index < -0.39 is 4.92 Å². The number of hydrogen-bond donors (Lipinski definition) is 1. The van der Waals surface area contributed by atoms with E-state index in [0.717, 1.165) is 11.4 Å². The molecule has 0 aliphatic rings. The summed E-state index contributed by atoms with van der Waals surface area (Å²) in [7, 11) is 0. The number of anilines is 1. The third kappa shape index (κ3) is 1.72. The van der Waals surface area contributed by atoms with Gasteiger partial charge in [-0.25, -0.2) is 4.68 Å². The fourth-order valence-corrected chi connectivity index (χ4v) is 1.33. The van der Waals surface area contributed by atoms with Gasteiger partial charge in [0.05, 0.1) is 28.2 Å². The number of nitro groups is 1. The Morgan fingerprint density at radius 2 is 2.00 bits per heavy atom. The Labute approximate surface area is 91.5 Å². The normalized spacial score (nSPS) is 10.3. The number of nitro benzene ring substituents is 1. The number of aromatic nitrogens is 2. The first-order valence-electron chi connectivity index (χ1n) is 4.64. The highest BCUT2D eigenvalue weighted by Crippen LogP contribution is 2.17. The lowest BCUT2D eigenvalue weighted by atomic mass is 10.3. The van der Waals surface area contributed by atoms with Crippen LogP contribution in [0.5, 0.6) is 0 Å². The van der Waals surface area contributed by atoms with Gasteiger partial charge in [-0.15, -0.1) is 0 Å². The van der Waals surface area contributed by atoms with Crippen molar-refractivity contribution in [2.24, 2.45) is 0 Å². The molecule has 6 nitrogen and oxygen atoms in total. The number of rotatable bonds is 2. The van der Waals surface area contributed by atoms with Crippen molar-refractivity contribution in [2.75, 3.05) is 5.73 Å². The van der Waals surface area contributed by atoms with E-state index in [1.165, 1.54) is 12.1 Å². The molecule has 0 aliphatic heterocycles. The third-order valence-electron chi connectivity index (χ3n) is 2.26. The predicted octanol–water partition coefficient (Wildman–Crippen LogP) is 1.67. The highest BCUT2D eigenvalue weighted by Gasteiger charge is 2.06. The summed E-state index contributed by atoms with van der Waals surface area (Å²) in [6, 6.07) is 6.12. The molecule has 0 saturated carbocycles. The molecule has 0 atom stereocenters. The van der Waals surface area contributed by atoms with Crippen LogP contribution in [-0.2, 0) is 0 Å². The maximum atomic E-state index is 10.5. The average Bonchev–Trinajstić information content (AvgIpc) is 2.59. The Bertz CT molecular complexity index is 511. The van der Waals surface area contributed by atoms with Crippen molar-refractivity contribution in [1.82, 2.24) is 9.78 Å². The fraction of sp³-hybridized carbons (Fsp3) is 0.100. The van der Waals surface area contributed by atoms with E-state index >= 15 is 0 Å². The second kappa shape index (κ2) is 3.65. The minimum Gasteiger partial charge on any atom is -0.396 e. The Morgan fingerprint density at radius 3 is 2.44 bits per heavy atom. The molecule has 0 fully saturated rings. The van der Waals surface area contributed by atoms with Crippen LogP contribution in [-0.4, -0.2) is 14.7 Å². The van der Waals surface area contributed by atoms with Gasteiger partial charge in [-0.3, -0.25) is 10.1 Å². The van der Waals surface area contributed by atoms with Crippen LogP contribution in [0.3, 0.4) is 0 Å². The lowest BCUT2D eigenvalue weighted by molar-refractivity contribution is -0.384. The van der Waals surface area contributed by atoms with Gasteiger partial charge in [0, 0.05) is 12.1 Å². The monoisotopic (exact) mass is 218 g/mol. The Balaban J connectivity index is 2.38. The van der Waals surface area contributed by atoms with Gasteiger partial charge in [0.15, 0.2) is 0 Å². The number of nitrogens with zero attached hydrogens (tertiary/aromatic N) is 3. The third-order valence-corrected chi connectivity index (χ3v) is 2.26. The van der Waals surface area contributed by atoms with Crippen molar-refractivity contribution in [3.63, 3.8) is 0 Å². The molecule has 0 saturated heterocycles. The van der Waals surface area contributed by atoms with E-state index in [1.54, 1.807) is 29.9 Å². The molecule has 2 N–H and O–H groups in total. The average molecular weight is 218 g/mol. The van der Waals surface area contributed by atoms with E-state index in [4.69, 9.17) is 5.73 Å². The van der Waals surface area contributed by atoms with Crippen molar-refractivity contribution in [2.45, 2.75) is 6.92 Å². The fourth-order valence-electron chi connectivity index (χ4n) is 1.33. The molecule has 0 bridgehead atoms. The van der Waals surface area contributed by atoms with Gasteiger partial charge < -0.3 is 5.73 Å². The SMILES string of the molecule is Cc1nn(-c2ccc([N+](=O)[O-])cc2)cc1N. The number of hydrogen-bond acceptors (Lipinski definition) is 4. The van der Waals surface area contributed by atoms with E-state index in [1.807, 2.05) is 0 Å². The standard InChI is InChI=1S/C10H10N4O2/c1-7-10(11)6-13(12-7)8-2-4-9(5-3-8)14(15)16/h2-6H,11H2,1H3. The van der Waals surface area contributed by atoms with Gasteiger partial charge in [0.2, 0.25) is 0 Å². The highest BCUT2D eigenvalue weighted by atomic mass is 16.6. The van der Waals surface area contributed by atoms with Crippen LogP contribution in [0.25, 0.3) is 5.69 Å². The molecule has 0 amide bonds. The van der Waals surface area contributed by atoms with Crippen molar-refractivity contribution < 1.29 is 4.92 Å². The summed E-state index contributed by atoms with van der Waals surface area (Å²) in [5.74, 6) is 0. The van der Waals surface area contributed by atoms with Crippen LogP contribution in [0, 0.1) is 17.0 Å². The minimum atomic E-state index is -0.438. The maximum Gasteiger partial charge on any atom is 0.269 e. The molecule has 1 aromatic heterocycles. The van der Waals surface area contributed by atoms with Crippen molar-refractivity contribution in [3.8, 4) is 5.69 Å². The molecule has 6 heteroatoms. The number of non-ortho nitro benzene ring substituents is 1. The predicted molar refractivity (Wildman–Crippen MR) is 59.4 cm³/mol. The summed E-state index contributed by atoms with van der Waals surface area (Å²) in [5.41, 5.74) is 7.79. The van der Waals surface area contributed by atoms with Gasteiger partial charge >= 0.3 is 0 Å². The van der Waals surface area contributed by atoms with Gasteiger partial charge in [-0.2, -0.15) is 5.10 Å². The molecule has 1 aromatic carbocycles. The summed E-state index contributed by atoms with van der Waals surface area (Å²) >= 11 is 0. The molecule has 0 aliphatic carbocycles. The first-order valence-corrected chi connectivity index (χ1v) is 4.64. The summed E-state index contributed by atoms with van der Waals surface area (Å²) in [6.07, 6.45) is 1.68. The molecule has 0 radical (unpaired) electrons. The highest BCUT2D eigenvalue weighted by molar-refractivity contribution is 5.45. The second-order valence-corrected chi connectivity index (χ2v) is 3.39. The summed E-state index contributed by atoms with van der Waals surface area (Å²) < 4.78 is 1.59. The van der Waals surface area contributed by atoms with Gasteiger partial charge in [-0.1, -0.05) is 0 Å². The van der Waals surface area contributed by atoms with Crippen LogP contribution in [0.15, 0.2) is 30.5 Å². The van der Waals surface area contributed by atoms with Crippen LogP contribution in [0.4, 0.5) is 11.4 Å². The van der Waals surface area contributed by atoms with Crippen molar-refractivity contribution in [1.29, 1.82) is 0 Å². The van der Waals surface area contributed by atoms with Crippen molar-refractivity contribution >= 4 is 11.4 Å². The summed E-state index contributed by atoms with van der Waals surface area (Å²) in [4.78, 5) is 10.0. The number of nitrogen functional groups attached to an aromatic ring is 1.